The number of aromatic nitrogens is 3. The molecule has 0 fully saturated rings. The zero-order valence-electron chi connectivity index (χ0n) is 10.9. The fourth-order valence-corrected chi connectivity index (χ4v) is 2.12. The summed E-state index contributed by atoms with van der Waals surface area (Å²) in [6.45, 7) is 0. The summed E-state index contributed by atoms with van der Waals surface area (Å²) in [7, 11) is 1.95. The third-order valence-corrected chi connectivity index (χ3v) is 3.34. The van der Waals surface area contributed by atoms with Crippen LogP contribution in [0, 0.1) is 0 Å². The van der Waals surface area contributed by atoms with Gasteiger partial charge < -0.3 is 10.6 Å². The number of fused-ring (bicyclic) bond motifs is 1. The van der Waals surface area contributed by atoms with Crippen LogP contribution in [0.1, 0.15) is 5.56 Å². The van der Waals surface area contributed by atoms with E-state index in [0.29, 0.717) is 4.99 Å². The quantitative estimate of drug-likeness (QED) is 0.746. The molecule has 2 N–H and O–H groups in total. The Morgan fingerprint density at radius 2 is 2.15 bits per heavy atom. The van der Waals surface area contributed by atoms with Gasteiger partial charge in [-0.2, -0.15) is 5.10 Å². The van der Waals surface area contributed by atoms with Crippen LogP contribution in [0.5, 0.6) is 0 Å². The molecule has 0 unspecified atom stereocenters. The van der Waals surface area contributed by atoms with Crippen molar-refractivity contribution < 1.29 is 0 Å². The van der Waals surface area contributed by atoms with Crippen molar-refractivity contribution in [3.8, 4) is 0 Å². The van der Waals surface area contributed by atoms with Crippen LogP contribution >= 0.6 is 12.2 Å². The first-order valence-electron chi connectivity index (χ1n) is 6.09. The Bertz CT molecular complexity index is 780. The molecule has 0 aliphatic carbocycles. The molecule has 0 radical (unpaired) electrons. The van der Waals surface area contributed by atoms with Crippen LogP contribution in [0.2, 0.25) is 0 Å². The Labute approximate surface area is 121 Å². The van der Waals surface area contributed by atoms with E-state index >= 15 is 0 Å². The zero-order chi connectivity index (χ0) is 14.1. The maximum Gasteiger partial charge on any atom is 0.157 e. The second-order valence-electron chi connectivity index (χ2n) is 4.39. The normalized spacial score (nSPS) is 10.7. The van der Waals surface area contributed by atoms with Crippen LogP contribution in [-0.2, 0) is 0 Å². The van der Waals surface area contributed by atoms with E-state index in [-0.39, 0.29) is 0 Å². The van der Waals surface area contributed by atoms with E-state index in [1.54, 1.807) is 10.7 Å². The molecule has 20 heavy (non-hydrogen) atoms. The van der Waals surface area contributed by atoms with E-state index in [1.807, 2.05) is 54.5 Å². The van der Waals surface area contributed by atoms with Crippen molar-refractivity contribution in [1.82, 2.24) is 14.6 Å². The fraction of sp³-hybridized carbons (Fsp3) is 0.0714. The number of rotatable bonds is 3. The largest absolute Gasteiger partial charge is 0.389 e. The van der Waals surface area contributed by atoms with Crippen molar-refractivity contribution in [3.05, 3.63) is 54.4 Å². The van der Waals surface area contributed by atoms with Gasteiger partial charge in [0, 0.05) is 30.6 Å². The Morgan fingerprint density at radius 3 is 2.95 bits per heavy atom. The van der Waals surface area contributed by atoms with Gasteiger partial charge >= 0.3 is 0 Å². The number of thiocarbonyl (C=S) groups is 1. The molecule has 3 rings (SSSR count). The number of benzene rings is 1. The fourth-order valence-electron chi connectivity index (χ4n) is 1.99. The molecule has 3 aromatic rings. The summed E-state index contributed by atoms with van der Waals surface area (Å²) in [4.78, 5) is 6.92. The minimum Gasteiger partial charge on any atom is -0.389 e. The Morgan fingerprint density at radius 1 is 1.30 bits per heavy atom. The summed E-state index contributed by atoms with van der Waals surface area (Å²) >= 11 is 5.01. The molecule has 0 spiro atoms. The van der Waals surface area contributed by atoms with E-state index < -0.39 is 0 Å². The molecule has 0 aliphatic rings. The average molecular weight is 283 g/mol. The van der Waals surface area contributed by atoms with Gasteiger partial charge in [0.15, 0.2) is 5.65 Å². The number of nitrogens with two attached hydrogens (primary N) is 1. The van der Waals surface area contributed by atoms with E-state index in [1.165, 1.54) is 0 Å². The number of hydrogen-bond donors (Lipinski definition) is 1. The Balaban J connectivity index is 2.00. The minimum atomic E-state index is 0.388. The zero-order valence-corrected chi connectivity index (χ0v) is 11.7. The maximum atomic E-state index is 5.67. The third kappa shape index (κ3) is 2.21. The number of hydrogen-bond acceptors (Lipinski definition) is 4. The highest BCUT2D eigenvalue weighted by molar-refractivity contribution is 7.80. The van der Waals surface area contributed by atoms with Gasteiger partial charge in [-0.15, -0.1) is 0 Å². The first kappa shape index (κ1) is 12.6. The van der Waals surface area contributed by atoms with Gasteiger partial charge in [0.2, 0.25) is 0 Å². The van der Waals surface area contributed by atoms with Gasteiger partial charge in [-0.05, 0) is 18.2 Å². The molecule has 0 saturated carbocycles. The second-order valence-corrected chi connectivity index (χ2v) is 4.83. The van der Waals surface area contributed by atoms with Crippen LogP contribution in [0.15, 0.2) is 48.8 Å². The minimum absolute atomic E-state index is 0.388. The monoisotopic (exact) mass is 283 g/mol. The highest BCUT2D eigenvalue weighted by atomic mass is 32.1. The lowest BCUT2D eigenvalue weighted by Crippen LogP contribution is -2.14. The summed E-state index contributed by atoms with van der Waals surface area (Å²) in [5.74, 6) is 0.832. The Kier molecular flexibility index (Phi) is 3.08. The standard InChI is InChI=1S/C14H13N5S/c1-18(11-4-2-3-10(9-11)14(15)20)12-6-8-19-13(17-12)5-7-16-19/h2-9H,1H3,(H2,15,20). The maximum absolute atomic E-state index is 5.67. The molecule has 0 atom stereocenters. The van der Waals surface area contributed by atoms with Crippen molar-refractivity contribution in [2.24, 2.45) is 5.73 Å². The molecule has 6 heteroatoms. The number of nitrogens with zero attached hydrogens (tertiary/aromatic N) is 4. The lowest BCUT2D eigenvalue weighted by Gasteiger charge is -2.19. The SMILES string of the molecule is CN(c1cccc(C(N)=S)c1)c1ccn2nccc2n1. The van der Waals surface area contributed by atoms with Crippen molar-refractivity contribution in [2.75, 3.05) is 11.9 Å². The molecule has 0 bridgehead atoms. The molecule has 2 heterocycles. The summed E-state index contributed by atoms with van der Waals surface area (Å²) in [5.41, 5.74) is 8.29. The van der Waals surface area contributed by atoms with Crippen molar-refractivity contribution in [1.29, 1.82) is 0 Å². The van der Waals surface area contributed by atoms with Gasteiger partial charge in [0.25, 0.3) is 0 Å². The predicted molar refractivity (Wildman–Crippen MR) is 83.4 cm³/mol. The van der Waals surface area contributed by atoms with Gasteiger partial charge in [-0.1, -0.05) is 24.4 Å². The first-order valence-corrected chi connectivity index (χ1v) is 6.50. The molecule has 0 amide bonds. The summed E-state index contributed by atoms with van der Waals surface area (Å²) in [6, 6.07) is 11.5. The molecule has 2 aromatic heterocycles. The predicted octanol–water partition coefficient (Wildman–Crippen LogP) is 2.13. The Hall–Kier alpha value is -2.47. The topological polar surface area (TPSA) is 59.5 Å². The summed E-state index contributed by atoms with van der Waals surface area (Å²) < 4.78 is 1.72. The lowest BCUT2D eigenvalue weighted by molar-refractivity contribution is 0.933. The highest BCUT2D eigenvalue weighted by Crippen LogP contribution is 2.22. The molecule has 0 saturated heterocycles. The molecular formula is C14H13N5S. The van der Waals surface area contributed by atoms with Crippen molar-refractivity contribution in [2.45, 2.75) is 0 Å². The second kappa shape index (κ2) is 4.90. The van der Waals surface area contributed by atoms with E-state index in [2.05, 4.69) is 10.1 Å². The van der Waals surface area contributed by atoms with E-state index in [4.69, 9.17) is 18.0 Å². The number of anilines is 2. The van der Waals surface area contributed by atoms with Gasteiger partial charge in [0.1, 0.15) is 10.8 Å². The van der Waals surface area contributed by atoms with Gasteiger partial charge in [-0.25, -0.2) is 9.50 Å². The summed E-state index contributed by atoms with van der Waals surface area (Å²) in [5, 5.41) is 4.13. The lowest BCUT2D eigenvalue weighted by atomic mass is 10.2. The van der Waals surface area contributed by atoms with E-state index in [0.717, 1.165) is 22.7 Å². The van der Waals surface area contributed by atoms with Crippen LogP contribution in [0.4, 0.5) is 11.5 Å². The third-order valence-electron chi connectivity index (χ3n) is 3.10. The first-order chi connectivity index (χ1) is 9.65. The molecule has 5 nitrogen and oxygen atoms in total. The van der Waals surface area contributed by atoms with E-state index in [9.17, 15) is 0 Å². The van der Waals surface area contributed by atoms with Crippen molar-refractivity contribution >= 4 is 34.4 Å². The van der Waals surface area contributed by atoms with Crippen LogP contribution in [0.3, 0.4) is 0 Å². The van der Waals surface area contributed by atoms with Gasteiger partial charge in [0.05, 0.1) is 6.20 Å². The van der Waals surface area contributed by atoms with Crippen LogP contribution in [0.25, 0.3) is 5.65 Å². The molecule has 1 aromatic carbocycles. The molecule has 100 valence electrons. The van der Waals surface area contributed by atoms with Crippen molar-refractivity contribution in [3.63, 3.8) is 0 Å². The summed E-state index contributed by atoms with van der Waals surface area (Å²) in [6.07, 6.45) is 3.60. The van der Waals surface area contributed by atoms with Crippen LogP contribution < -0.4 is 10.6 Å². The van der Waals surface area contributed by atoms with Crippen LogP contribution in [-0.4, -0.2) is 26.6 Å². The average Bonchev–Trinajstić information content (AvgIpc) is 2.94. The van der Waals surface area contributed by atoms with Gasteiger partial charge in [-0.3, -0.25) is 0 Å². The molecule has 0 aliphatic heterocycles. The highest BCUT2D eigenvalue weighted by Gasteiger charge is 2.08. The molecular weight excluding hydrogens is 270 g/mol. The smallest absolute Gasteiger partial charge is 0.157 e.